The van der Waals surface area contributed by atoms with Crippen LogP contribution >= 0.6 is 24.8 Å². The fourth-order valence-corrected chi connectivity index (χ4v) is 3.64. The molecular weight excluding hydrogens is 462 g/mol. The van der Waals surface area contributed by atoms with Gasteiger partial charge in [0.15, 0.2) is 0 Å². The lowest BCUT2D eigenvalue weighted by molar-refractivity contribution is 0.102. The third-order valence-corrected chi connectivity index (χ3v) is 5.19. The Morgan fingerprint density at radius 3 is 2.12 bits per heavy atom. The van der Waals surface area contributed by atoms with Crippen LogP contribution in [0, 0.1) is 18.7 Å². The molecule has 0 radical (unpaired) electrons. The SMILES string of the molecule is Cc1nc(CC(C)C)c(CN)c(-c2ccc(CN)cc2)c1NC(=O)c1ccc(F)cc1.Cl.Cl. The van der Waals surface area contributed by atoms with Gasteiger partial charge in [-0.25, -0.2) is 4.39 Å². The van der Waals surface area contributed by atoms with Gasteiger partial charge >= 0.3 is 0 Å². The van der Waals surface area contributed by atoms with Crippen molar-refractivity contribution < 1.29 is 9.18 Å². The Kier molecular flexibility index (Phi) is 10.9. The van der Waals surface area contributed by atoms with E-state index in [1.807, 2.05) is 31.2 Å². The molecule has 0 aliphatic carbocycles. The zero-order valence-electron chi connectivity index (χ0n) is 19.0. The Balaban J connectivity index is 0.00000272. The maximum atomic E-state index is 13.3. The summed E-state index contributed by atoms with van der Waals surface area (Å²) in [6.45, 7) is 6.89. The molecule has 0 fully saturated rings. The van der Waals surface area contributed by atoms with E-state index in [0.29, 0.717) is 36.0 Å². The van der Waals surface area contributed by atoms with Gasteiger partial charge in [-0.15, -0.1) is 24.8 Å². The molecule has 178 valence electrons. The minimum Gasteiger partial charge on any atom is -0.326 e. The van der Waals surface area contributed by atoms with Gasteiger partial charge in [0, 0.05) is 29.9 Å². The highest BCUT2D eigenvalue weighted by Crippen LogP contribution is 2.36. The Hall–Kier alpha value is -2.51. The van der Waals surface area contributed by atoms with Gasteiger partial charge in [0.05, 0.1) is 11.4 Å². The van der Waals surface area contributed by atoms with E-state index in [4.69, 9.17) is 16.5 Å². The summed E-state index contributed by atoms with van der Waals surface area (Å²) in [5.74, 6) is -0.313. The third kappa shape index (κ3) is 6.74. The van der Waals surface area contributed by atoms with E-state index in [1.54, 1.807) is 0 Å². The zero-order chi connectivity index (χ0) is 22.5. The quantitative estimate of drug-likeness (QED) is 0.410. The van der Waals surface area contributed by atoms with Crippen molar-refractivity contribution >= 4 is 36.4 Å². The number of carbonyl (C=O) groups is 1. The number of halogens is 3. The molecule has 0 atom stereocenters. The second-order valence-corrected chi connectivity index (χ2v) is 8.04. The van der Waals surface area contributed by atoms with Crippen LogP contribution in [0.4, 0.5) is 10.1 Å². The molecule has 5 N–H and O–H groups in total. The second-order valence-electron chi connectivity index (χ2n) is 8.04. The molecular formula is C25H31Cl2FN4O. The summed E-state index contributed by atoms with van der Waals surface area (Å²) < 4.78 is 13.3. The van der Waals surface area contributed by atoms with Gasteiger partial charge in [0.2, 0.25) is 0 Å². The van der Waals surface area contributed by atoms with Gasteiger partial charge in [-0.1, -0.05) is 38.1 Å². The minimum absolute atomic E-state index is 0. The molecule has 3 rings (SSSR count). The summed E-state index contributed by atoms with van der Waals surface area (Å²) in [6, 6.07) is 13.4. The van der Waals surface area contributed by atoms with Gasteiger partial charge in [0.25, 0.3) is 5.91 Å². The van der Waals surface area contributed by atoms with E-state index in [1.165, 1.54) is 24.3 Å². The maximum absolute atomic E-state index is 13.3. The van der Waals surface area contributed by atoms with E-state index < -0.39 is 5.82 Å². The molecule has 1 amide bonds. The lowest BCUT2D eigenvalue weighted by Gasteiger charge is -2.21. The number of rotatable bonds is 7. The predicted molar refractivity (Wildman–Crippen MR) is 138 cm³/mol. The Labute approximate surface area is 207 Å². The average molecular weight is 493 g/mol. The number of nitrogens with one attached hydrogen (secondary N) is 1. The molecule has 0 unspecified atom stereocenters. The highest BCUT2D eigenvalue weighted by molar-refractivity contribution is 6.07. The molecule has 0 spiro atoms. The predicted octanol–water partition coefficient (Wildman–Crippen LogP) is 5.41. The highest BCUT2D eigenvalue weighted by atomic mass is 35.5. The van der Waals surface area contributed by atoms with Crippen LogP contribution in [0.15, 0.2) is 48.5 Å². The second kappa shape index (κ2) is 12.7. The standard InChI is InChI=1S/C25H29FN4O.2ClH/c1-15(2)12-22-21(14-28)23(18-6-4-17(13-27)5-7-18)24(16(3)29-22)30-25(31)19-8-10-20(26)11-9-19;;/h4-11,15H,12-14,27-28H2,1-3H3,(H,30,31);2*1H. The fraction of sp³-hybridized carbons (Fsp3) is 0.280. The number of nitrogens with two attached hydrogens (primary N) is 2. The number of hydrogen-bond acceptors (Lipinski definition) is 4. The topological polar surface area (TPSA) is 94.0 Å². The number of anilines is 1. The molecule has 3 aromatic rings. The monoisotopic (exact) mass is 492 g/mol. The van der Waals surface area contributed by atoms with Crippen molar-refractivity contribution in [3.05, 3.63) is 82.4 Å². The van der Waals surface area contributed by atoms with Gasteiger partial charge in [0.1, 0.15) is 5.82 Å². The summed E-state index contributed by atoms with van der Waals surface area (Å²) in [6.07, 6.45) is 0.785. The first-order chi connectivity index (χ1) is 14.8. The van der Waals surface area contributed by atoms with E-state index >= 15 is 0 Å². The first-order valence-corrected chi connectivity index (χ1v) is 10.4. The van der Waals surface area contributed by atoms with Crippen LogP contribution in [-0.4, -0.2) is 10.9 Å². The van der Waals surface area contributed by atoms with Crippen molar-refractivity contribution in [2.75, 3.05) is 5.32 Å². The molecule has 0 aliphatic heterocycles. The van der Waals surface area contributed by atoms with Crippen molar-refractivity contribution in [3.8, 4) is 11.1 Å². The van der Waals surface area contributed by atoms with Gasteiger partial charge in [-0.2, -0.15) is 0 Å². The minimum atomic E-state index is -0.390. The fourth-order valence-electron chi connectivity index (χ4n) is 3.64. The molecule has 2 aromatic carbocycles. The first-order valence-electron chi connectivity index (χ1n) is 10.4. The van der Waals surface area contributed by atoms with Crippen LogP contribution in [0.25, 0.3) is 11.1 Å². The Morgan fingerprint density at radius 1 is 1.00 bits per heavy atom. The van der Waals surface area contributed by atoms with E-state index in [9.17, 15) is 9.18 Å². The number of aryl methyl sites for hydroxylation is 1. The molecule has 1 aromatic heterocycles. The molecule has 8 heteroatoms. The lowest BCUT2D eigenvalue weighted by atomic mass is 9.92. The smallest absolute Gasteiger partial charge is 0.255 e. The first kappa shape index (κ1) is 28.5. The summed E-state index contributed by atoms with van der Waals surface area (Å²) in [5, 5.41) is 2.99. The van der Waals surface area contributed by atoms with Crippen molar-refractivity contribution in [1.82, 2.24) is 4.98 Å². The maximum Gasteiger partial charge on any atom is 0.255 e. The van der Waals surface area contributed by atoms with Crippen molar-refractivity contribution in [3.63, 3.8) is 0 Å². The van der Waals surface area contributed by atoms with Crippen LogP contribution in [0.2, 0.25) is 0 Å². The normalized spacial score (nSPS) is 10.4. The van der Waals surface area contributed by atoms with Crippen LogP contribution in [0.1, 0.15) is 46.7 Å². The van der Waals surface area contributed by atoms with Gasteiger partial charge < -0.3 is 16.8 Å². The number of hydrogen-bond donors (Lipinski definition) is 3. The van der Waals surface area contributed by atoms with Crippen LogP contribution < -0.4 is 16.8 Å². The largest absolute Gasteiger partial charge is 0.326 e. The van der Waals surface area contributed by atoms with E-state index in [-0.39, 0.29) is 30.7 Å². The summed E-state index contributed by atoms with van der Waals surface area (Å²) in [7, 11) is 0. The summed E-state index contributed by atoms with van der Waals surface area (Å²) >= 11 is 0. The Morgan fingerprint density at radius 2 is 1.61 bits per heavy atom. The van der Waals surface area contributed by atoms with E-state index in [0.717, 1.165) is 34.4 Å². The number of nitrogens with zero attached hydrogens (tertiary/aromatic N) is 1. The molecule has 0 aliphatic rings. The van der Waals surface area contributed by atoms with Crippen molar-refractivity contribution in [2.45, 2.75) is 40.3 Å². The summed E-state index contributed by atoms with van der Waals surface area (Å²) in [5.41, 5.74) is 18.3. The van der Waals surface area contributed by atoms with Crippen LogP contribution in [0.5, 0.6) is 0 Å². The van der Waals surface area contributed by atoms with Crippen molar-refractivity contribution in [2.24, 2.45) is 17.4 Å². The highest BCUT2D eigenvalue weighted by Gasteiger charge is 2.21. The van der Waals surface area contributed by atoms with E-state index in [2.05, 4.69) is 19.2 Å². The molecule has 5 nitrogen and oxygen atoms in total. The molecule has 1 heterocycles. The molecule has 33 heavy (non-hydrogen) atoms. The Bertz CT molecular complexity index is 1070. The third-order valence-electron chi connectivity index (χ3n) is 5.19. The number of amides is 1. The number of pyridine rings is 1. The number of benzene rings is 2. The zero-order valence-corrected chi connectivity index (χ0v) is 20.7. The van der Waals surface area contributed by atoms with Crippen LogP contribution in [0.3, 0.4) is 0 Å². The van der Waals surface area contributed by atoms with Gasteiger partial charge in [-0.3, -0.25) is 9.78 Å². The lowest BCUT2D eigenvalue weighted by Crippen LogP contribution is -2.18. The summed E-state index contributed by atoms with van der Waals surface area (Å²) in [4.78, 5) is 17.7. The molecule has 0 bridgehead atoms. The van der Waals surface area contributed by atoms with Gasteiger partial charge in [-0.05, 0) is 60.2 Å². The van der Waals surface area contributed by atoms with Crippen molar-refractivity contribution in [1.29, 1.82) is 0 Å². The number of aromatic nitrogens is 1. The van der Waals surface area contributed by atoms with Crippen LogP contribution in [-0.2, 0) is 19.5 Å². The molecule has 0 saturated heterocycles. The average Bonchev–Trinajstić information content (AvgIpc) is 2.75. The number of carbonyl (C=O) groups excluding carboxylic acids is 1. The molecule has 0 saturated carbocycles.